The van der Waals surface area contributed by atoms with Gasteiger partial charge in [-0.3, -0.25) is 13.9 Å². The zero-order valence-electron chi connectivity index (χ0n) is 25.0. The maximum absolute atomic E-state index is 14.4. The third-order valence-electron chi connectivity index (χ3n) is 7.69. The van der Waals surface area contributed by atoms with Gasteiger partial charge in [0.05, 0.1) is 18.6 Å². The van der Waals surface area contributed by atoms with Gasteiger partial charge in [0, 0.05) is 29.1 Å². The molecule has 1 fully saturated rings. The van der Waals surface area contributed by atoms with Gasteiger partial charge in [-0.25, -0.2) is 8.42 Å². The summed E-state index contributed by atoms with van der Waals surface area (Å²) in [4.78, 5) is 29.9. The smallest absolute Gasteiger partial charge is 0.244 e. The van der Waals surface area contributed by atoms with Crippen molar-refractivity contribution in [2.75, 3.05) is 23.7 Å². The fourth-order valence-corrected chi connectivity index (χ4v) is 6.79. The molecule has 0 spiro atoms. The molecule has 0 saturated heterocycles. The van der Waals surface area contributed by atoms with E-state index < -0.39 is 28.5 Å². The molecule has 2 amide bonds. The van der Waals surface area contributed by atoms with Crippen LogP contribution in [0, 0.1) is 0 Å². The van der Waals surface area contributed by atoms with Gasteiger partial charge in [0.2, 0.25) is 21.8 Å². The number of halogens is 2. The second-order valence-electron chi connectivity index (χ2n) is 11.0. The first kappa shape index (κ1) is 33.6. The average Bonchev–Trinajstić information content (AvgIpc) is 2.99. The van der Waals surface area contributed by atoms with Gasteiger partial charge in [-0.05, 0) is 55.2 Å². The lowest BCUT2D eigenvalue weighted by molar-refractivity contribution is -0.140. The van der Waals surface area contributed by atoms with Crippen molar-refractivity contribution >= 4 is 50.7 Å². The number of hydrogen-bond donors (Lipinski definition) is 1. The molecule has 0 aliphatic heterocycles. The molecular weight excluding hydrogens is 621 g/mol. The van der Waals surface area contributed by atoms with Crippen molar-refractivity contribution in [1.29, 1.82) is 0 Å². The number of amides is 2. The summed E-state index contributed by atoms with van der Waals surface area (Å²) in [5.74, 6) is -0.524. The van der Waals surface area contributed by atoms with Crippen molar-refractivity contribution in [2.45, 2.75) is 64.1 Å². The van der Waals surface area contributed by atoms with E-state index in [9.17, 15) is 18.0 Å². The quantitative estimate of drug-likeness (QED) is 0.234. The molecule has 8 nitrogen and oxygen atoms in total. The van der Waals surface area contributed by atoms with Crippen LogP contribution in [0.3, 0.4) is 0 Å². The number of hydrogen-bond acceptors (Lipinski definition) is 5. The average molecular weight is 661 g/mol. The first-order valence-corrected chi connectivity index (χ1v) is 17.4. The number of ether oxygens (including phenoxy) is 1. The number of para-hydroxylation sites is 2. The lowest BCUT2D eigenvalue weighted by Crippen LogP contribution is -2.55. The summed E-state index contributed by atoms with van der Waals surface area (Å²) in [6, 6.07) is 20.1. The molecule has 11 heteroatoms. The summed E-state index contributed by atoms with van der Waals surface area (Å²) >= 11 is 12.7. The lowest BCUT2D eigenvalue weighted by atomic mass is 9.94. The van der Waals surface area contributed by atoms with E-state index in [1.807, 2.05) is 30.3 Å². The molecule has 3 aromatic rings. The molecule has 1 N–H and O–H groups in total. The first-order chi connectivity index (χ1) is 21.1. The second-order valence-corrected chi connectivity index (χ2v) is 13.7. The standard InChI is InChI=1S/C33H39Cl2N3O5S/c1-3-43-31-17-11-10-16-29(31)38(44(2,41)42)23-32(39)37(22-25-18-19-26(34)21-28(25)35)30(20-24-12-6-4-7-13-24)33(40)36-27-14-8-5-9-15-27/h4,6-7,10-13,16-19,21,27,30H,3,5,8-9,14-15,20,22-23H2,1-2H3,(H,36,40)/t30-/m1/s1. The highest BCUT2D eigenvalue weighted by Crippen LogP contribution is 2.31. The van der Waals surface area contributed by atoms with Gasteiger partial charge in [0.1, 0.15) is 18.3 Å². The van der Waals surface area contributed by atoms with Crippen molar-refractivity contribution < 1.29 is 22.7 Å². The van der Waals surface area contributed by atoms with E-state index in [4.69, 9.17) is 27.9 Å². The maximum atomic E-state index is 14.4. The van der Waals surface area contributed by atoms with Gasteiger partial charge in [0.25, 0.3) is 0 Å². The molecule has 3 aromatic carbocycles. The number of sulfonamides is 1. The van der Waals surface area contributed by atoms with Crippen LogP contribution >= 0.6 is 23.2 Å². The van der Waals surface area contributed by atoms with E-state index in [-0.39, 0.29) is 30.6 Å². The zero-order chi connectivity index (χ0) is 31.7. The third kappa shape index (κ3) is 9.13. The fourth-order valence-electron chi connectivity index (χ4n) is 5.47. The van der Waals surface area contributed by atoms with Crippen molar-refractivity contribution in [3.05, 3.63) is 94.0 Å². The summed E-state index contributed by atoms with van der Waals surface area (Å²) in [5.41, 5.74) is 1.67. The van der Waals surface area contributed by atoms with Crippen LogP contribution in [-0.4, -0.2) is 56.6 Å². The Kier molecular flexibility index (Phi) is 11.9. The predicted molar refractivity (Wildman–Crippen MR) is 176 cm³/mol. The Morgan fingerprint density at radius 2 is 1.66 bits per heavy atom. The van der Waals surface area contributed by atoms with Gasteiger partial charge in [0.15, 0.2) is 0 Å². The Morgan fingerprint density at radius 3 is 2.32 bits per heavy atom. The minimum atomic E-state index is -3.94. The number of benzene rings is 3. The number of nitrogens with one attached hydrogen (secondary N) is 1. The number of carbonyl (C=O) groups is 2. The highest BCUT2D eigenvalue weighted by atomic mass is 35.5. The van der Waals surface area contributed by atoms with Crippen LogP contribution in [-0.2, 0) is 32.6 Å². The van der Waals surface area contributed by atoms with E-state index in [0.29, 0.717) is 28.0 Å². The molecule has 236 valence electrons. The normalized spacial score (nSPS) is 14.5. The molecular formula is C33H39Cl2N3O5S. The Bertz CT molecular complexity index is 1530. The Hall–Kier alpha value is -3.27. The number of nitrogens with zero attached hydrogens (tertiary/aromatic N) is 2. The van der Waals surface area contributed by atoms with Crippen molar-refractivity contribution in [2.24, 2.45) is 0 Å². The molecule has 0 heterocycles. The minimum absolute atomic E-state index is 0.0104. The highest BCUT2D eigenvalue weighted by molar-refractivity contribution is 7.92. The zero-order valence-corrected chi connectivity index (χ0v) is 27.4. The minimum Gasteiger partial charge on any atom is -0.492 e. The summed E-state index contributed by atoms with van der Waals surface area (Å²) in [5, 5.41) is 3.96. The molecule has 0 radical (unpaired) electrons. The van der Waals surface area contributed by atoms with E-state index in [0.717, 1.165) is 48.2 Å². The first-order valence-electron chi connectivity index (χ1n) is 14.8. The molecule has 1 aliphatic carbocycles. The van der Waals surface area contributed by atoms with Crippen molar-refractivity contribution in [1.82, 2.24) is 10.2 Å². The SMILES string of the molecule is CCOc1ccccc1N(CC(=O)N(Cc1ccc(Cl)cc1Cl)[C@H](Cc1ccccc1)C(=O)NC1CCCCC1)S(C)(=O)=O. The van der Waals surface area contributed by atoms with Gasteiger partial charge >= 0.3 is 0 Å². The van der Waals surface area contributed by atoms with E-state index >= 15 is 0 Å². The van der Waals surface area contributed by atoms with Crippen LogP contribution in [0.5, 0.6) is 5.75 Å². The monoisotopic (exact) mass is 659 g/mol. The molecule has 44 heavy (non-hydrogen) atoms. The molecule has 0 bridgehead atoms. The van der Waals surface area contributed by atoms with Crippen LogP contribution < -0.4 is 14.4 Å². The third-order valence-corrected chi connectivity index (χ3v) is 9.40. The summed E-state index contributed by atoms with van der Waals surface area (Å²) in [6.45, 7) is 1.53. The van der Waals surface area contributed by atoms with Crippen LogP contribution in [0.1, 0.15) is 50.2 Å². The number of anilines is 1. The molecule has 1 saturated carbocycles. The van der Waals surface area contributed by atoms with E-state index in [2.05, 4.69) is 5.32 Å². The van der Waals surface area contributed by atoms with Crippen molar-refractivity contribution in [3.8, 4) is 5.75 Å². The Labute approximate surface area is 270 Å². The largest absolute Gasteiger partial charge is 0.492 e. The van der Waals surface area contributed by atoms with Gasteiger partial charge in [-0.2, -0.15) is 0 Å². The molecule has 1 aliphatic rings. The van der Waals surface area contributed by atoms with Gasteiger partial charge in [-0.1, -0.05) is 91.0 Å². The molecule has 1 atom stereocenters. The van der Waals surface area contributed by atoms with Crippen molar-refractivity contribution in [3.63, 3.8) is 0 Å². The summed E-state index contributed by atoms with van der Waals surface area (Å²) in [7, 11) is -3.94. The number of carbonyl (C=O) groups excluding carboxylic acids is 2. The number of rotatable bonds is 13. The molecule has 4 rings (SSSR count). The Morgan fingerprint density at radius 1 is 0.977 bits per heavy atom. The van der Waals surface area contributed by atoms with Gasteiger partial charge < -0.3 is 15.0 Å². The van der Waals surface area contributed by atoms with Crippen LogP contribution in [0.25, 0.3) is 0 Å². The maximum Gasteiger partial charge on any atom is 0.244 e. The highest BCUT2D eigenvalue weighted by Gasteiger charge is 2.35. The second kappa shape index (κ2) is 15.6. The van der Waals surface area contributed by atoms with Crippen LogP contribution in [0.15, 0.2) is 72.8 Å². The summed E-state index contributed by atoms with van der Waals surface area (Å²) < 4.78 is 33.0. The van der Waals surface area contributed by atoms with E-state index in [1.54, 1.807) is 49.4 Å². The fraction of sp³-hybridized carbons (Fsp3) is 0.394. The molecule has 0 unspecified atom stereocenters. The van der Waals surface area contributed by atoms with Gasteiger partial charge in [-0.15, -0.1) is 0 Å². The summed E-state index contributed by atoms with van der Waals surface area (Å²) in [6.07, 6.45) is 6.20. The van der Waals surface area contributed by atoms with Crippen LogP contribution in [0.4, 0.5) is 5.69 Å². The molecule has 0 aromatic heterocycles. The van der Waals surface area contributed by atoms with Crippen LogP contribution in [0.2, 0.25) is 10.0 Å². The van der Waals surface area contributed by atoms with E-state index in [1.165, 1.54) is 4.90 Å². The lowest BCUT2D eigenvalue weighted by Gasteiger charge is -2.35. The predicted octanol–water partition coefficient (Wildman–Crippen LogP) is 6.25. The Balaban J connectivity index is 1.76. The topological polar surface area (TPSA) is 96.0 Å².